The molecule has 1 unspecified atom stereocenters. The summed E-state index contributed by atoms with van der Waals surface area (Å²) in [5, 5.41) is 5.72. The zero-order valence-electron chi connectivity index (χ0n) is 23.0. The molecule has 10 heteroatoms. The third kappa shape index (κ3) is 6.91. The molecule has 4 N–H and O–H groups in total. The van der Waals surface area contributed by atoms with Crippen LogP contribution >= 0.6 is 0 Å². The van der Waals surface area contributed by atoms with Crippen LogP contribution in [-0.2, 0) is 21.2 Å². The Morgan fingerprint density at radius 2 is 1.62 bits per heavy atom. The van der Waals surface area contributed by atoms with Crippen LogP contribution in [0.15, 0.2) is 53.4 Å². The van der Waals surface area contributed by atoms with Crippen LogP contribution in [0.2, 0.25) is 0 Å². The van der Waals surface area contributed by atoms with E-state index in [1.807, 2.05) is 32.0 Å². The zero-order chi connectivity index (χ0) is 28.2. The number of primary amides is 1. The number of primary sulfonamides is 1. The van der Waals surface area contributed by atoms with Gasteiger partial charge in [0.05, 0.1) is 5.69 Å². The van der Waals surface area contributed by atoms with E-state index in [0.29, 0.717) is 43.5 Å². The molecular formula is C29H41N5O4S. The van der Waals surface area contributed by atoms with E-state index in [0.717, 1.165) is 38.5 Å². The molecule has 2 heterocycles. The second-order valence-corrected chi connectivity index (χ2v) is 12.6. The molecule has 0 aliphatic carbocycles. The van der Waals surface area contributed by atoms with Gasteiger partial charge in [-0.3, -0.25) is 9.69 Å². The van der Waals surface area contributed by atoms with Crippen LogP contribution < -0.4 is 20.7 Å². The number of benzene rings is 2. The van der Waals surface area contributed by atoms with Gasteiger partial charge in [-0.2, -0.15) is 0 Å². The van der Waals surface area contributed by atoms with Gasteiger partial charge in [-0.15, -0.1) is 0 Å². The lowest BCUT2D eigenvalue weighted by atomic mass is 9.90. The summed E-state index contributed by atoms with van der Waals surface area (Å²) in [5.74, 6) is -0.407. The molecule has 2 aliphatic heterocycles. The Morgan fingerprint density at radius 1 is 0.974 bits per heavy atom. The van der Waals surface area contributed by atoms with Crippen molar-refractivity contribution in [3.63, 3.8) is 0 Å². The Hall–Kier alpha value is -3.11. The third-order valence-electron chi connectivity index (χ3n) is 7.88. The van der Waals surface area contributed by atoms with Crippen molar-refractivity contribution in [2.45, 2.75) is 63.3 Å². The average molecular weight is 556 g/mol. The number of rotatable bonds is 8. The van der Waals surface area contributed by atoms with E-state index in [-0.39, 0.29) is 16.8 Å². The van der Waals surface area contributed by atoms with Gasteiger partial charge >= 0.3 is 6.03 Å². The number of likely N-dealkylation sites (tertiary alicyclic amines) is 1. The topological polar surface area (TPSA) is 130 Å². The SMILES string of the molecule is CC(C)C(C(N)=O)N(C(=O)N1CCCCC1)c1ccc(N2CCC(Cc3ccccc3)CC2)c(S(N)(=O)=O)c1. The number of sulfonamides is 1. The van der Waals surface area contributed by atoms with E-state index in [4.69, 9.17) is 10.9 Å². The lowest BCUT2D eigenvalue weighted by molar-refractivity contribution is -0.120. The monoisotopic (exact) mass is 555 g/mol. The Balaban J connectivity index is 1.64. The molecule has 0 saturated carbocycles. The van der Waals surface area contributed by atoms with Gasteiger partial charge in [-0.05, 0) is 74.1 Å². The molecule has 2 fully saturated rings. The molecular weight excluding hydrogens is 514 g/mol. The number of piperidine rings is 2. The molecule has 0 spiro atoms. The molecule has 0 aromatic heterocycles. The zero-order valence-corrected chi connectivity index (χ0v) is 23.8. The van der Waals surface area contributed by atoms with Gasteiger partial charge in [-0.25, -0.2) is 18.4 Å². The molecule has 0 radical (unpaired) electrons. The summed E-state index contributed by atoms with van der Waals surface area (Å²) in [6.45, 7) is 6.20. The minimum Gasteiger partial charge on any atom is -0.370 e. The number of nitrogens with two attached hydrogens (primary N) is 2. The molecule has 2 saturated heterocycles. The molecule has 3 amide bonds. The Morgan fingerprint density at radius 3 is 2.18 bits per heavy atom. The predicted molar refractivity (Wildman–Crippen MR) is 154 cm³/mol. The first kappa shape index (κ1) is 28.9. The van der Waals surface area contributed by atoms with Gasteiger partial charge in [-0.1, -0.05) is 44.2 Å². The highest BCUT2D eigenvalue weighted by Gasteiger charge is 2.36. The molecule has 212 valence electrons. The van der Waals surface area contributed by atoms with E-state index < -0.39 is 22.0 Å². The van der Waals surface area contributed by atoms with Crippen molar-refractivity contribution in [3.05, 3.63) is 54.1 Å². The van der Waals surface area contributed by atoms with Crippen molar-refractivity contribution < 1.29 is 18.0 Å². The van der Waals surface area contributed by atoms with Crippen molar-refractivity contribution in [1.29, 1.82) is 0 Å². The minimum atomic E-state index is -4.13. The number of hydrogen-bond acceptors (Lipinski definition) is 5. The highest BCUT2D eigenvalue weighted by Crippen LogP contribution is 2.35. The first-order valence-electron chi connectivity index (χ1n) is 13.9. The number of nitrogens with zero attached hydrogens (tertiary/aromatic N) is 3. The van der Waals surface area contributed by atoms with Crippen molar-refractivity contribution in [2.75, 3.05) is 36.0 Å². The standard InChI is InChI=1S/C29H41N5O4S/c1-21(2)27(28(30)35)34(29(36)33-15-7-4-8-16-33)24-11-12-25(26(20-24)39(31,37)38)32-17-13-23(14-18-32)19-22-9-5-3-6-10-22/h3,5-6,9-12,20-21,23,27H,4,7-8,13-19H2,1-2H3,(H2,30,35)(H2,31,37,38). The summed E-state index contributed by atoms with van der Waals surface area (Å²) < 4.78 is 25.7. The first-order valence-corrected chi connectivity index (χ1v) is 15.4. The highest BCUT2D eigenvalue weighted by atomic mass is 32.2. The second-order valence-electron chi connectivity index (χ2n) is 11.1. The van der Waals surface area contributed by atoms with Crippen molar-refractivity contribution >= 4 is 33.3 Å². The summed E-state index contributed by atoms with van der Waals surface area (Å²) >= 11 is 0. The average Bonchev–Trinajstić information content (AvgIpc) is 2.91. The fraction of sp³-hybridized carbons (Fsp3) is 0.517. The van der Waals surface area contributed by atoms with Gasteiger partial charge < -0.3 is 15.5 Å². The molecule has 39 heavy (non-hydrogen) atoms. The summed E-state index contributed by atoms with van der Waals surface area (Å²) in [6, 6.07) is 13.9. The first-order chi connectivity index (χ1) is 18.6. The second kappa shape index (κ2) is 12.4. The van der Waals surface area contributed by atoms with Crippen LogP contribution in [0.3, 0.4) is 0 Å². The highest BCUT2D eigenvalue weighted by molar-refractivity contribution is 7.89. The third-order valence-corrected chi connectivity index (χ3v) is 8.82. The summed E-state index contributed by atoms with van der Waals surface area (Å²) in [5.41, 5.74) is 7.90. The quantitative estimate of drug-likeness (QED) is 0.513. The number of urea groups is 1. The Labute approximate surface area is 232 Å². The minimum absolute atomic E-state index is 0.0510. The van der Waals surface area contributed by atoms with Gasteiger partial charge in [0.15, 0.2) is 0 Å². The fourth-order valence-electron chi connectivity index (χ4n) is 5.85. The normalized spacial score (nSPS) is 17.7. The van der Waals surface area contributed by atoms with E-state index >= 15 is 0 Å². The molecule has 2 aliphatic rings. The molecule has 4 rings (SSSR count). The largest absolute Gasteiger partial charge is 0.370 e. The van der Waals surface area contributed by atoms with Crippen molar-refractivity contribution in [2.24, 2.45) is 22.7 Å². The number of amides is 3. The lowest BCUT2D eigenvalue weighted by Crippen LogP contribution is -2.56. The number of anilines is 2. The van der Waals surface area contributed by atoms with E-state index in [1.165, 1.54) is 16.5 Å². The smallest absolute Gasteiger partial charge is 0.325 e. The molecule has 2 aromatic carbocycles. The summed E-state index contributed by atoms with van der Waals surface area (Å²) in [4.78, 5) is 31.4. The summed E-state index contributed by atoms with van der Waals surface area (Å²) in [7, 11) is -4.13. The van der Waals surface area contributed by atoms with Crippen LogP contribution in [0, 0.1) is 11.8 Å². The van der Waals surface area contributed by atoms with Gasteiger partial charge in [0, 0.05) is 31.9 Å². The molecule has 0 bridgehead atoms. The van der Waals surface area contributed by atoms with Crippen LogP contribution in [0.4, 0.5) is 16.2 Å². The Bertz CT molecular complexity index is 1250. The number of hydrogen-bond donors (Lipinski definition) is 2. The van der Waals surface area contributed by atoms with Gasteiger partial charge in [0.1, 0.15) is 10.9 Å². The maximum atomic E-state index is 13.7. The van der Waals surface area contributed by atoms with E-state index in [1.54, 1.807) is 17.0 Å². The molecule has 1 atom stereocenters. The Kier molecular flexibility index (Phi) is 9.17. The maximum Gasteiger partial charge on any atom is 0.325 e. The number of carbonyl (C=O) groups excluding carboxylic acids is 2. The fourth-order valence-corrected chi connectivity index (χ4v) is 6.62. The summed E-state index contributed by atoms with van der Waals surface area (Å²) in [6.07, 6.45) is 5.65. The van der Waals surface area contributed by atoms with E-state index in [2.05, 4.69) is 17.0 Å². The van der Waals surface area contributed by atoms with Crippen molar-refractivity contribution in [3.8, 4) is 0 Å². The lowest BCUT2D eigenvalue weighted by Gasteiger charge is -2.38. The van der Waals surface area contributed by atoms with Crippen LogP contribution in [0.5, 0.6) is 0 Å². The van der Waals surface area contributed by atoms with Gasteiger partial charge in [0.2, 0.25) is 15.9 Å². The van der Waals surface area contributed by atoms with Crippen molar-refractivity contribution in [1.82, 2.24) is 4.90 Å². The molecule has 9 nitrogen and oxygen atoms in total. The van der Waals surface area contributed by atoms with Crippen LogP contribution in [0.25, 0.3) is 0 Å². The maximum absolute atomic E-state index is 13.7. The van der Waals surface area contributed by atoms with Crippen LogP contribution in [-0.4, -0.2) is 57.5 Å². The van der Waals surface area contributed by atoms with E-state index in [9.17, 15) is 18.0 Å². The van der Waals surface area contributed by atoms with Crippen LogP contribution in [0.1, 0.15) is 51.5 Å². The predicted octanol–water partition coefficient (Wildman–Crippen LogP) is 3.72. The molecule has 2 aromatic rings. The van der Waals surface area contributed by atoms with Gasteiger partial charge in [0.25, 0.3) is 0 Å². The number of carbonyl (C=O) groups is 2.